The summed E-state index contributed by atoms with van der Waals surface area (Å²) in [7, 11) is 0. The van der Waals surface area contributed by atoms with Crippen molar-refractivity contribution in [1.29, 1.82) is 0 Å². The van der Waals surface area contributed by atoms with Crippen molar-refractivity contribution in [3.8, 4) is 0 Å². The van der Waals surface area contributed by atoms with Crippen molar-refractivity contribution >= 4 is 0 Å². The number of nitrogens with one attached hydrogen (secondary N) is 4. The quantitative estimate of drug-likeness (QED) is 0.555. The van der Waals surface area contributed by atoms with Crippen LogP contribution in [0, 0.1) is 23.7 Å². The summed E-state index contributed by atoms with van der Waals surface area (Å²) < 4.78 is 5.89. The fraction of sp³-hybridized carbons (Fsp3) is 0.900. The number of hydrogen-bond donors (Lipinski definition) is 4. The lowest BCUT2D eigenvalue weighted by molar-refractivity contribution is 0.0294. The molecule has 144 valence electrons. The summed E-state index contributed by atoms with van der Waals surface area (Å²) in [6.45, 7) is 11.4. The molecule has 1 aliphatic carbocycles. The summed E-state index contributed by atoms with van der Waals surface area (Å²) in [5.74, 6) is 2.74. The van der Waals surface area contributed by atoms with Crippen LogP contribution in [0.5, 0.6) is 0 Å². The first-order valence-corrected chi connectivity index (χ1v) is 10.3. The molecule has 2 saturated heterocycles. The number of piperidine rings is 1. The van der Waals surface area contributed by atoms with Crippen LogP contribution in [0.3, 0.4) is 0 Å². The number of hydrogen-bond acceptors (Lipinski definition) is 5. The van der Waals surface area contributed by atoms with Crippen LogP contribution in [0.25, 0.3) is 0 Å². The Balaban J connectivity index is 1.58. The van der Waals surface area contributed by atoms with Gasteiger partial charge in [0.25, 0.3) is 0 Å². The Kier molecular flexibility index (Phi) is 6.92. The first-order valence-electron chi connectivity index (χ1n) is 10.3. The van der Waals surface area contributed by atoms with Crippen LogP contribution in [0.1, 0.15) is 59.8 Å². The standard InChI is InChI=1S/C20H38N4O/c1-13(2)18-10-16(11-20-24-23-15(4)25-20)14(3)9-17(18)12-22-19-7-5-6-8-21-19/h9,13,15-24H,5-8,10-12H2,1-4H3. The van der Waals surface area contributed by atoms with Gasteiger partial charge < -0.3 is 15.4 Å². The van der Waals surface area contributed by atoms with Crippen molar-refractivity contribution < 1.29 is 4.74 Å². The molecule has 0 radical (unpaired) electrons. The Morgan fingerprint density at radius 1 is 1.28 bits per heavy atom. The van der Waals surface area contributed by atoms with Gasteiger partial charge in [-0.05, 0) is 76.2 Å². The molecule has 0 amide bonds. The van der Waals surface area contributed by atoms with Crippen molar-refractivity contribution in [2.24, 2.45) is 23.7 Å². The van der Waals surface area contributed by atoms with Crippen LogP contribution < -0.4 is 21.5 Å². The molecule has 3 rings (SSSR count). The van der Waals surface area contributed by atoms with E-state index in [0.29, 0.717) is 23.9 Å². The third-order valence-corrected chi connectivity index (χ3v) is 6.31. The van der Waals surface area contributed by atoms with Gasteiger partial charge in [0.2, 0.25) is 0 Å². The van der Waals surface area contributed by atoms with Gasteiger partial charge in [0.1, 0.15) is 12.5 Å². The van der Waals surface area contributed by atoms with Gasteiger partial charge in [-0.15, -0.1) is 0 Å². The second-order valence-electron chi connectivity index (χ2n) is 8.62. The zero-order valence-electron chi connectivity index (χ0n) is 16.5. The summed E-state index contributed by atoms with van der Waals surface area (Å²) in [5.41, 5.74) is 7.99. The monoisotopic (exact) mass is 350 g/mol. The highest BCUT2D eigenvalue weighted by Crippen LogP contribution is 2.39. The Hall–Kier alpha value is -0.460. The minimum atomic E-state index is 0.110. The molecule has 0 spiro atoms. The van der Waals surface area contributed by atoms with Gasteiger partial charge in [-0.3, -0.25) is 0 Å². The predicted molar refractivity (Wildman–Crippen MR) is 103 cm³/mol. The molecule has 0 bridgehead atoms. The van der Waals surface area contributed by atoms with Crippen molar-refractivity contribution in [3.63, 3.8) is 0 Å². The Bertz CT molecular complexity index is 447. The first-order chi connectivity index (χ1) is 12.0. The van der Waals surface area contributed by atoms with Crippen LogP contribution >= 0.6 is 0 Å². The van der Waals surface area contributed by atoms with Gasteiger partial charge in [0.05, 0.1) is 6.17 Å². The molecule has 6 atom stereocenters. The van der Waals surface area contributed by atoms with E-state index in [1.807, 2.05) is 0 Å². The number of allylic oxidation sites excluding steroid dienone is 1. The number of rotatable bonds is 6. The fourth-order valence-corrected chi connectivity index (χ4v) is 4.75. The molecule has 6 unspecified atom stereocenters. The summed E-state index contributed by atoms with van der Waals surface area (Å²) in [6.07, 6.45) is 9.59. The van der Waals surface area contributed by atoms with Gasteiger partial charge in [0.15, 0.2) is 0 Å². The molecule has 0 aromatic rings. The predicted octanol–water partition coefficient (Wildman–Crippen LogP) is 2.72. The maximum Gasteiger partial charge on any atom is 0.123 e. The lowest BCUT2D eigenvalue weighted by Gasteiger charge is -2.39. The molecule has 0 aromatic heterocycles. The maximum atomic E-state index is 5.89. The van der Waals surface area contributed by atoms with Crippen molar-refractivity contribution in [2.45, 2.75) is 78.4 Å². The summed E-state index contributed by atoms with van der Waals surface area (Å²) in [5, 5.41) is 7.40. The molecule has 2 fully saturated rings. The molecule has 3 aliphatic rings. The molecule has 25 heavy (non-hydrogen) atoms. The van der Waals surface area contributed by atoms with E-state index in [4.69, 9.17) is 4.74 Å². The number of hydrazine groups is 1. The van der Waals surface area contributed by atoms with E-state index in [9.17, 15) is 0 Å². The molecule has 0 saturated carbocycles. The molecule has 5 nitrogen and oxygen atoms in total. The fourth-order valence-electron chi connectivity index (χ4n) is 4.75. The van der Waals surface area contributed by atoms with Crippen LogP contribution in [0.2, 0.25) is 0 Å². The van der Waals surface area contributed by atoms with E-state index in [2.05, 4.69) is 55.3 Å². The molecule has 5 heteroatoms. The smallest absolute Gasteiger partial charge is 0.123 e. The minimum Gasteiger partial charge on any atom is -0.343 e. The normalized spacial score (nSPS) is 39.6. The van der Waals surface area contributed by atoms with Gasteiger partial charge in [-0.2, -0.15) is 0 Å². The second-order valence-corrected chi connectivity index (χ2v) is 8.62. The summed E-state index contributed by atoms with van der Waals surface area (Å²) in [4.78, 5) is 0. The topological polar surface area (TPSA) is 57.3 Å². The van der Waals surface area contributed by atoms with E-state index in [0.717, 1.165) is 25.4 Å². The molecule has 2 heterocycles. The minimum absolute atomic E-state index is 0.110. The van der Waals surface area contributed by atoms with E-state index >= 15 is 0 Å². The van der Waals surface area contributed by atoms with Crippen molar-refractivity contribution in [1.82, 2.24) is 21.5 Å². The largest absolute Gasteiger partial charge is 0.343 e. The van der Waals surface area contributed by atoms with E-state index in [-0.39, 0.29) is 12.5 Å². The zero-order chi connectivity index (χ0) is 17.8. The average molecular weight is 351 g/mol. The SMILES string of the molecule is CC1=CC(CNC2CCCCN2)C(C(C)C)CC1CC1NNC(C)O1. The molecular formula is C20H38N4O. The molecule has 4 N–H and O–H groups in total. The van der Waals surface area contributed by atoms with Crippen LogP contribution in [-0.2, 0) is 4.74 Å². The van der Waals surface area contributed by atoms with Gasteiger partial charge >= 0.3 is 0 Å². The van der Waals surface area contributed by atoms with E-state index < -0.39 is 0 Å². The third-order valence-electron chi connectivity index (χ3n) is 6.31. The highest BCUT2D eigenvalue weighted by molar-refractivity contribution is 5.13. The average Bonchev–Trinajstić information content (AvgIpc) is 3.00. The Labute approximate surface area is 153 Å². The van der Waals surface area contributed by atoms with Crippen LogP contribution in [-0.4, -0.2) is 31.7 Å². The highest BCUT2D eigenvalue weighted by Gasteiger charge is 2.34. The lowest BCUT2D eigenvalue weighted by Crippen LogP contribution is -2.48. The second kappa shape index (κ2) is 8.96. The van der Waals surface area contributed by atoms with Crippen molar-refractivity contribution in [2.75, 3.05) is 13.1 Å². The molecule has 0 aromatic carbocycles. The third kappa shape index (κ3) is 5.27. The van der Waals surface area contributed by atoms with E-state index in [1.165, 1.54) is 25.7 Å². The van der Waals surface area contributed by atoms with Crippen LogP contribution in [0.15, 0.2) is 11.6 Å². The highest BCUT2D eigenvalue weighted by atomic mass is 16.5. The Morgan fingerprint density at radius 2 is 2.12 bits per heavy atom. The first kappa shape index (κ1) is 19.3. The Morgan fingerprint density at radius 3 is 2.76 bits per heavy atom. The molecular weight excluding hydrogens is 312 g/mol. The lowest BCUT2D eigenvalue weighted by atomic mass is 9.69. The number of ether oxygens (including phenoxy) is 1. The van der Waals surface area contributed by atoms with Crippen LogP contribution in [0.4, 0.5) is 0 Å². The van der Waals surface area contributed by atoms with Gasteiger partial charge in [-0.1, -0.05) is 25.5 Å². The zero-order valence-corrected chi connectivity index (χ0v) is 16.5. The summed E-state index contributed by atoms with van der Waals surface area (Å²) in [6, 6.07) is 0. The van der Waals surface area contributed by atoms with E-state index in [1.54, 1.807) is 5.57 Å². The molecule has 2 aliphatic heterocycles. The maximum absolute atomic E-state index is 5.89. The summed E-state index contributed by atoms with van der Waals surface area (Å²) >= 11 is 0. The van der Waals surface area contributed by atoms with Gasteiger partial charge in [0, 0.05) is 6.54 Å². The van der Waals surface area contributed by atoms with Crippen molar-refractivity contribution in [3.05, 3.63) is 11.6 Å². The van der Waals surface area contributed by atoms with Gasteiger partial charge in [-0.25, -0.2) is 10.9 Å².